The highest BCUT2D eigenvalue weighted by atomic mass is 16.3. The average molecular weight is 262 g/mol. The topological polar surface area (TPSA) is 60.9 Å². The fourth-order valence-electron chi connectivity index (χ4n) is 2.39. The predicted octanol–water partition coefficient (Wildman–Crippen LogP) is 0.415. The molecule has 1 aliphatic rings. The Morgan fingerprint density at radius 2 is 2.11 bits per heavy atom. The fraction of sp³-hybridized carbons (Fsp3) is 0.429. The second-order valence-electron chi connectivity index (χ2n) is 4.81. The van der Waals surface area contributed by atoms with Crippen molar-refractivity contribution in [2.45, 2.75) is 19.4 Å². The van der Waals surface area contributed by atoms with Crippen LogP contribution in [0.2, 0.25) is 0 Å². The summed E-state index contributed by atoms with van der Waals surface area (Å²) in [6.07, 6.45) is 0.763. The van der Waals surface area contributed by atoms with Crippen molar-refractivity contribution in [1.29, 1.82) is 0 Å². The Balaban J connectivity index is 2.22. The molecule has 102 valence electrons. The molecule has 0 fully saturated rings. The van der Waals surface area contributed by atoms with Crippen LogP contribution in [0.15, 0.2) is 24.3 Å². The summed E-state index contributed by atoms with van der Waals surface area (Å²) in [7, 11) is 1.52. The van der Waals surface area contributed by atoms with Crippen molar-refractivity contribution < 1.29 is 14.7 Å². The first-order chi connectivity index (χ1) is 9.06. The minimum atomic E-state index is -0.586. The molecule has 2 rings (SSSR count). The Labute approximate surface area is 112 Å². The van der Waals surface area contributed by atoms with Crippen molar-refractivity contribution in [1.82, 2.24) is 4.90 Å². The highest BCUT2D eigenvalue weighted by Gasteiger charge is 2.35. The molecular weight excluding hydrogens is 244 g/mol. The number of anilines is 1. The first-order valence-corrected chi connectivity index (χ1v) is 6.33. The molecule has 19 heavy (non-hydrogen) atoms. The van der Waals surface area contributed by atoms with Gasteiger partial charge in [-0.05, 0) is 25.0 Å². The summed E-state index contributed by atoms with van der Waals surface area (Å²) in [5, 5.41) is 8.82. The molecule has 1 N–H and O–H groups in total. The van der Waals surface area contributed by atoms with Crippen LogP contribution in [0.1, 0.15) is 12.5 Å². The van der Waals surface area contributed by atoms with E-state index in [9.17, 15) is 9.59 Å². The molecule has 1 aromatic rings. The summed E-state index contributed by atoms with van der Waals surface area (Å²) in [6.45, 7) is 1.94. The second kappa shape index (κ2) is 5.40. The average Bonchev–Trinajstić information content (AvgIpc) is 2.73. The van der Waals surface area contributed by atoms with E-state index < -0.39 is 11.8 Å². The number of carbonyl (C=O) groups excluding carboxylic acids is 2. The van der Waals surface area contributed by atoms with Crippen molar-refractivity contribution in [3.05, 3.63) is 29.8 Å². The lowest BCUT2D eigenvalue weighted by Gasteiger charge is -2.24. The molecule has 0 spiro atoms. The molecule has 5 nitrogen and oxygen atoms in total. The number of benzene rings is 1. The van der Waals surface area contributed by atoms with Gasteiger partial charge in [0.15, 0.2) is 0 Å². The monoisotopic (exact) mass is 262 g/mol. The maximum Gasteiger partial charge on any atom is 0.316 e. The van der Waals surface area contributed by atoms with Crippen molar-refractivity contribution in [3.63, 3.8) is 0 Å². The van der Waals surface area contributed by atoms with E-state index in [0.717, 1.165) is 17.7 Å². The van der Waals surface area contributed by atoms with Gasteiger partial charge >= 0.3 is 11.8 Å². The molecule has 0 saturated carbocycles. The van der Waals surface area contributed by atoms with Gasteiger partial charge < -0.3 is 14.9 Å². The van der Waals surface area contributed by atoms with Gasteiger partial charge in [-0.25, -0.2) is 0 Å². The van der Waals surface area contributed by atoms with Gasteiger partial charge in [-0.2, -0.15) is 0 Å². The molecule has 0 saturated heterocycles. The third-order valence-corrected chi connectivity index (χ3v) is 3.39. The Hall–Kier alpha value is -1.88. The molecule has 0 aromatic heterocycles. The number of likely N-dealkylation sites (N-methyl/N-ethyl adjacent to an activating group) is 1. The van der Waals surface area contributed by atoms with Crippen LogP contribution in [0.4, 0.5) is 5.69 Å². The zero-order chi connectivity index (χ0) is 14.0. The van der Waals surface area contributed by atoms with E-state index in [1.165, 1.54) is 11.9 Å². The third-order valence-electron chi connectivity index (χ3n) is 3.39. The lowest BCUT2D eigenvalue weighted by atomic mass is 10.1. The fourth-order valence-corrected chi connectivity index (χ4v) is 2.39. The van der Waals surface area contributed by atoms with Gasteiger partial charge in [0, 0.05) is 25.3 Å². The number of para-hydroxylation sites is 1. The first-order valence-electron chi connectivity index (χ1n) is 6.33. The van der Waals surface area contributed by atoms with Crippen molar-refractivity contribution >= 4 is 17.5 Å². The molecule has 1 heterocycles. The molecule has 1 aromatic carbocycles. The van der Waals surface area contributed by atoms with Gasteiger partial charge in [-0.15, -0.1) is 0 Å². The van der Waals surface area contributed by atoms with Crippen LogP contribution >= 0.6 is 0 Å². The normalized spacial score (nSPS) is 17.2. The molecule has 1 unspecified atom stereocenters. The van der Waals surface area contributed by atoms with E-state index in [-0.39, 0.29) is 19.2 Å². The quantitative estimate of drug-likeness (QED) is 0.786. The molecule has 1 aliphatic heterocycles. The second-order valence-corrected chi connectivity index (χ2v) is 4.81. The zero-order valence-electron chi connectivity index (χ0n) is 11.2. The molecular formula is C14H18N2O3. The summed E-state index contributed by atoms with van der Waals surface area (Å²) in [5.74, 6) is -1.12. The van der Waals surface area contributed by atoms with E-state index in [4.69, 9.17) is 5.11 Å². The predicted molar refractivity (Wildman–Crippen MR) is 71.8 cm³/mol. The number of amides is 2. The van der Waals surface area contributed by atoms with Crippen LogP contribution in [0.3, 0.4) is 0 Å². The number of nitrogens with zero attached hydrogens (tertiary/aromatic N) is 2. The summed E-state index contributed by atoms with van der Waals surface area (Å²) in [4.78, 5) is 27.1. The largest absolute Gasteiger partial charge is 0.395 e. The number of carbonyl (C=O) groups is 2. The number of hydrogen-bond acceptors (Lipinski definition) is 3. The van der Waals surface area contributed by atoms with E-state index in [2.05, 4.69) is 0 Å². The number of fused-ring (bicyclic) bond motifs is 1. The molecule has 0 radical (unpaired) electrons. The van der Waals surface area contributed by atoms with Gasteiger partial charge in [0.2, 0.25) is 0 Å². The SMILES string of the molecule is CC1Cc2ccccc2N1C(=O)C(=O)N(C)CCO. The summed E-state index contributed by atoms with van der Waals surface area (Å²) >= 11 is 0. The van der Waals surface area contributed by atoms with Crippen LogP contribution in [-0.2, 0) is 16.0 Å². The van der Waals surface area contributed by atoms with Crippen LogP contribution in [0.5, 0.6) is 0 Å². The number of aliphatic hydroxyl groups excluding tert-OH is 1. The maximum atomic E-state index is 12.3. The van der Waals surface area contributed by atoms with Crippen molar-refractivity contribution in [3.8, 4) is 0 Å². The Morgan fingerprint density at radius 1 is 1.42 bits per heavy atom. The molecule has 2 amide bonds. The molecule has 0 bridgehead atoms. The van der Waals surface area contributed by atoms with Crippen molar-refractivity contribution in [2.75, 3.05) is 25.1 Å². The molecule has 1 atom stereocenters. The van der Waals surface area contributed by atoms with Gasteiger partial charge in [-0.3, -0.25) is 9.59 Å². The smallest absolute Gasteiger partial charge is 0.316 e. The standard InChI is InChI=1S/C14H18N2O3/c1-10-9-11-5-3-4-6-12(11)16(10)14(19)13(18)15(2)7-8-17/h3-6,10,17H,7-9H2,1-2H3. The van der Waals surface area contributed by atoms with Crippen LogP contribution in [0, 0.1) is 0 Å². The lowest BCUT2D eigenvalue weighted by Crippen LogP contribution is -2.46. The highest BCUT2D eigenvalue weighted by molar-refractivity contribution is 6.40. The van der Waals surface area contributed by atoms with Gasteiger partial charge in [-0.1, -0.05) is 18.2 Å². The minimum absolute atomic E-state index is 0.0172. The highest BCUT2D eigenvalue weighted by Crippen LogP contribution is 2.31. The number of aliphatic hydroxyl groups is 1. The van der Waals surface area contributed by atoms with Gasteiger partial charge in [0.1, 0.15) is 0 Å². The lowest BCUT2D eigenvalue weighted by molar-refractivity contribution is -0.143. The Bertz CT molecular complexity index is 501. The number of rotatable bonds is 2. The van der Waals surface area contributed by atoms with E-state index in [1.54, 1.807) is 4.90 Å². The first kappa shape index (κ1) is 13.5. The van der Waals surface area contributed by atoms with Crippen LogP contribution in [-0.4, -0.2) is 48.1 Å². The van der Waals surface area contributed by atoms with Crippen LogP contribution < -0.4 is 4.90 Å². The van der Waals surface area contributed by atoms with Gasteiger partial charge in [0.25, 0.3) is 0 Å². The Kier molecular flexibility index (Phi) is 3.85. The van der Waals surface area contributed by atoms with E-state index >= 15 is 0 Å². The van der Waals surface area contributed by atoms with E-state index in [1.807, 2.05) is 31.2 Å². The zero-order valence-corrected chi connectivity index (χ0v) is 11.2. The maximum absolute atomic E-state index is 12.3. The molecule has 5 heteroatoms. The third kappa shape index (κ3) is 2.46. The Morgan fingerprint density at radius 3 is 2.79 bits per heavy atom. The minimum Gasteiger partial charge on any atom is -0.395 e. The van der Waals surface area contributed by atoms with E-state index in [0.29, 0.717) is 0 Å². The summed E-state index contributed by atoms with van der Waals surface area (Å²) in [5.41, 5.74) is 1.90. The van der Waals surface area contributed by atoms with Crippen molar-refractivity contribution in [2.24, 2.45) is 0 Å². The number of hydrogen-bond donors (Lipinski definition) is 1. The van der Waals surface area contributed by atoms with Gasteiger partial charge in [0.05, 0.1) is 6.61 Å². The summed E-state index contributed by atoms with van der Waals surface area (Å²) < 4.78 is 0. The van der Waals surface area contributed by atoms with Crippen LogP contribution in [0.25, 0.3) is 0 Å². The summed E-state index contributed by atoms with van der Waals surface area (Å²) in [6, 6.07) is 7.60. The molecule has 0 aliphatic carbocycles.